The maximum Gasteiger partial charge on any atom is 0.306 e. The molecule has 2 aromatic carbocycles. The van der Waals surface area contributed by atoms with Crippen LogP contribution in [0.2, 0.25) is 0 Å². The van der Waals surface area contributed by atoms with E-state index in [9.17, 15) is 9.90 Å². The Balaban J connectivity index is 1.17. The quantitative estimate of drug-likeness (QED) is 0.440. The van der Waals surface area contributed by atoms with Gasteiger partial charge in [-0.15, -0.1) is 0 Å². The Labute approximate surface area is 247 Å². The van der Waals surface area contributed by atoms with E-state index in [1.165, 1.54) is 5.56 Å². The molecule has 0 amide bonds. The summed E-state index contributed by atoms with van der Waals surface area (Å²) in [6, 6.07) is 16.9. The van der Waals surface area contributed by atoms with Gasteiger partial charge >= 0.3 is 5.97 Å². The molecule has 2 aromatic rings. The number of epoxide rings is 2. The molecule has 6 aliphatic heterocycles. The summed E-state index contributed by atoms with van der Waals surface area (Å²) in [5.74, 6) is 0.879. The fourth-order valence-corrected chi connectivity index (χ4v) is 12.9. The van der Waals surface area contributed by atoms with E-state index in [2.05, 4.69) is 43.3 Å². The van der Waals surface area contributed by atoms with E-state index in [1.54, 1.807) is 0 Å². The molecule has 4 aliphatic carbocycles. The molecule has 10 aliphatic rings. The lowest BCUT2D eigenvalue weighted by atomic mass is 9.43. The van der Waals surface area contributed by atoms with E-state index >= 15 is 0 Å². The zero-order valence-electron chi connectivity index (χ0n) is 24.2. The molecule has 6 nitrogen and oxygen atoms in total. The molecule has 10 unspecified atom stereocenters. The molecule has 10 atom stereocenters. The number of carboxylic acids is 1. The highest BCUT2D eigenvalue weighted by Gasteiger charge is 2.97. The van der Waals surface area contributed by atoms with Crippen molar-refractivity contribution in [1.29, 1.82) is 0 Å². The Kier molecular flexibility index (Phi) is 4.26. The van der Waals surface area contributed by atoms with Crippen molar-refractivity contribution in [3.8, 4) is 11.5 Å². The Bertz CT molecular complexity index is 1530. The van der Waals surface area contributed by atoms with E-state index < -0.39 is 33.9 Å². The second-order valence-corrected chi connectivity index (χ2v) is 15.0. The lowest BCUT2D eigenvalue weighted by Gasteiger charge is -2.59. The monoisotopic (exact) mass is 566 g/mol. The van der Waals surface area contributed by atoms with Gasteiger partial charge in [0.15, 0.2) is 0 Å². The van der Waals surface area contributed by atoms with Crippen LogP contribution in [0, 0.1) is 40.9 Å². The Morgan fingerprint density at radius 3 is 2.00 bits per heavy atom. The summed E-state index contributed by atoms with van der Waals surface area (Å²) < 4.78 is 26.6. The van der Waals surface area contributed by atoms with E-state index in [0.29, 0.717) is 25.6 Å². The molecule has 4 saturated carbocycles. The average Bonchev–Trinajstić information content (AvgIpc) is 3.63. The Morgan fingerprint density at radius 1 is 0.810 bits per heavy atom. The number of aliphatic carboxylic acids is 1. The third kappa shape index (κ3) is 2.25. The first-order valence-electron chi connectivity index (χ1n) is 16.1. The highest BCUT2D eigenvalue weighted by Crippen LogP contribution is 2.93. The van der Waals surface area contributed by atoms with Crippen LogP contribution in [-0.4, -0.2) is 35.5 Å². The van der Waals surface area contributed by atoms with E-state index in [1.807, 2.05) is 12.1 Å². The molecule has 2 saturated heterocycles. The number of ether oxygens (including phenoxy) is 4. The molecule has 8 bridgehead atoms. The minimum absolute atomic E-state index is 0.105. The first kappa shape index (κ1) is 24.8. The second-order valence-electron chi connectivity index (χ2n) is 15.0. The number of carboxylic acid groups (broad SMARTS) is 1. The summed E-state index contributed by atoms with van der Waals surface area (Å²) in [4.78, 5) is 13.0. The maximum absolute atomic E-state index is 13.0. The van der Waals surface area contributed by atoms with Crippen molar-refractivity contribution in [3.63, 3.8) is 0 Å². The summed E-state index contributed by atoms with van der Waals surface area (Å²) in [7, 11) is 0. The van der Waals surface area contributed by atoms with Gasteiger partial charge in [-0.2, -0.15) is 0 Å². The van der Waals surface area contributed by atoms with Crippen LogP contribution in [0.15, 0.2) is 48.5 Å². The van der Waals surface area contributed by atoms with Crippen LogP contribution >= 0.6 is 0 Å². The predicted octanol–water partition coefficient (Wildman–Crippen LogP) is 6.29. The Morgan fingerprint density at radius 2 is 1.38 bits per heavy atom. The van der Waals surface area contributed by atoms with E-state index in [0.717, 1.165) is 68.4 Å². The zero-order chi connectivity index (χ0) is 28.4. The van der Waals surface area contributed by atoms with Crippen molar-refractivity contribution in [2.75, 3.05) is 13.2 Å². The molecule has 12 rings (SSSR count). The summed E-state index contributed by atoms with van der Waals surface area (Å²) in [6.07, 6.45) is 7.97. The van der Waals surface area contributed by atoms with Crippen molar-refractivity contribution in [2.45, 2.75) is 87.1 Å². The number of hydrogen-bond donors (Lipinski definition) is 1. The van der Waals surface area contributed by atoms with Crippen LogP contribution in [0.3, 0.4) is 0 Å². The second kappa shape index (κ2) is 7.21. The highest BCUT2D eigenvalue weighted by atomic mass is 16.6. The number of rotatable bonds is 3. The van der Waals surface area contributed by atoms with Crippen molar-refractivity contribution in [3.05, 3.63) is 66.6 Å². The maximum atomic E-state index is 13.0. The van der Waals surface area contributed by atoms with Gasteiger partial charge in [0.2, 0.25) is 0 Å². The molecule has 1 N–H and O–H groups in total. The van der Waals surface area contributed by atoms with Crippen LogP contribution in [0.25, 0.3) is 0 Å². The molecule has 6 heteroatoms. The lowest BCUT2D eigenvalue weighted by Crippen LogP contribution is -2.61. The third-order valence-electron chi connectivity index (χ3n) is 14.3. The minimum Gasteiger partial charge on any atom is -0.494 e. The molecular formula is C36H38O6. The number of fused-ring (bicyclic) bond motifs is 14. The molecule has 0 spiro atoms. The van der Waals surface area contributed by atoms with Gasteiger partial charge in [-0.05, 0) is 111 Å². The van der Waals surface area contributed by atoms with Gasteiger partial charge in [0.25, 0.3) is 0 Å². The van der Waals surface area contributed by atoms with Gasteiger partial charge in [0.1, 0.15) is 33.9 Å². The SMILES string of the molecule is [CH]C(C)(C12CCC(C1)C13OC12CCCOc1ccc3cc1)C12CC(C(=O)O)C(C1)C13OC12CCCOc1ccc3cc1. The highest BCUT2D eigenvalue weighted by molar-refractivity contribution is 5.73. The molecule has 6 heterocycles. The largest absolute Gasteiger partial charge is 0.494 e. The molecule has 218 valence electrons. The molecule has 2 radical (unpaired) electrons. The Hall–Kier alpha value is -2.57. The number of hydrogen-bond acceptors (Lipinski definition) is 5. The molecule has 6 fully saturated rings. The van der Waals surface area contributed by atoms with Gasteiger partial charge in [-0.25, -0.2) is 0 Å². The topological polar surface area (TPSA) is 80.8 Å². The standard InChI is InChI=1S/C36H38O6/c1-30(2,31-16-13-24(19-31)35-22-5-9-25(10-6-22)39-17-3-14-33(31,35)41-35)32-20-27(29(37)38)28(21-32)36-23-7-11-26(12-8-23)40-18-4-15-34(32,36)42-36/h1,5-12,24,27-28H,3-4,13-21H2,2H3,(H,37,38). The third-order valence-corrected chi connectivity index (χ3v) is 14.3. The summed E-state index contributed by atoms with van der Waals surface area (Å²) >= 11 is 0. The average molecular weight is 567 g/mol. The van der Waals surface area contributed by atoms with Crippen LogP contribution in [0.4, 0.5) is 0 Å². The molecular weight excluding hydrogens is 528 g/mol. The van der Waals surface area contributed by atoms with E-state index in [-0.39, 0.29) is 22.5 Å². The summed E-state index contributed by atoms with van der Waals surface area (Å²) in [5.41, 5.74) is -0.961. The number of benzene rings is 2. The van der Waals surface area contributed by atoms with Gasteiger partial charge in [-0.1, -0.05) is 31.2 Å². The first-order valence-corrected chi connectivity index (χ1v) is 16.1. The summed E-state index contributed by atoms with van der Waals surface area (Å²) in [5, 5.41) is 10.6. The van der Waals surface area contributed by atoms with Gasteiger partial charge in [-0.3, -0.25) is 4.79 Å². The van der Waals surface area contributed by atoms with E-state index in [4.69, 9.17) is 25.9 Å². The van der Waals surface area contributed by atoms with Crippen LogP contribution in [-0.2, 0) is 25.5 Å². The fraction of sp³-hybridized carbons (Fsp3) is 0.611. The number of carbonyl (C=O) groups is 1. The minimum atomic E-state index is -0.715. The van der Waals surface area contributed by atoms with Crippen molar-refractivity contribution in [1.82, 2.24) is 0 Å². The fourth-order valence-electron chi connectivity index (χ4n) is 12.9. The van der Waals surface area contributed by atoms with Crippen molar-refractivity contribution >= 4 is 5.97 Å². The first-order chi connectivity index (χ1) is 20.2. The van der Waals surface area contributed by atoms with Crippen LogP contribution < -0.4 is 9.47 Å². The van der Waals surface area contributed by atoms with Crippen molar-refractivity contribution < 1.29 is 28.8 Å². The van der Waals surface area contributed by atoms with Crippen LogP contribution in [0.1, 0.15) is 75.8 Å². The lowest BCUT2D eigenvalue weighted by molar-refractivity contribution is -0.147. The zero-order valence-corrected chi connectivity index (χ0v) is 24.2. The van der Waals surface area contributed by atoms with Gasteiger partial charge < -0.3 is 24.1 Å². The summed E-state index contributed by atoms with van der Waals surface area (Å²) in [6.45, 7) is 11.6. The van der Waals surface area contributed by atoms with Gasteiger partial charge in [0, 0.05) is 16.7 Å². The smallest absolute Gasteiger partial charge is 0.306 e. The molecule has 0 aromatic heterocycles. The predicted molar refractivity (Wildman–Crippen MR) is 152 cm³/mol. The molecule has 42 heavy (non-hydrogen) atoms. The van der Waals surface area contributed by atoms with Crippen molar-refractivity contribution in [2.24, 2.45) is 34.0 Å². The normalized spacial score (nSPS) is 48.4. The van der Waals surface area contributed by atoms with Crippen LogP contribution in [0.5, 0.6) is 11.5 Å². The van der Waals surface area contributed by atoms with Gasteiger partial charge in [0.05, 0.1) is 19.1 Å².